The Balaban J connectivity index is 1.72. The Bertz CT molecular complexity index is 710. The molecule has 2 N–H and O–H groups in total. The molecular formula is C21H27NO6. The molecular weight excluding hydrogens is 362 g/mol. The number of unbranched alkanes of at least 4 members (excludes halogenated alkanes) is 1. The van der Waals surface area contributed by atoms with Gasteiger partial charge in [-0.25, -0.2) is 4.79 Å². The van der Waals surface area contributed by atoms with Gasteiger partial charge in [0.2, 0.25) is 6.29 Å². The maximum atomic E-state index is 12.5. The van der Waals surface area contributed by atoms with Crippen LogP contribution in [-0.2, 0) is 19.0 Å². The molecule has 2 atom stereocenters. The lowest BCUT2D eigenvalue weighted by Gasteiger charge is -2.29. The first-order valence-corrected chi connectivity index (χ1v) is 9.70. The van der Waals surface area contributed by atoms with E-state index in [0.29, 0.717) is 25.0 Å². The van der Waals surface area contributed by atoms with Crippen molar-refractivity contribution in [1.29, 1.82) is 0 Å². The van der Waals surface area contributed by atoms with Gasteiger partial charge in [0.25, 0.3) is 5.91 Å². The van der Waals surface area contributed by atoms with Gasteiger partial charge in [0.15, 0.2) is 5.76 Å². The smallest absolute Gasteiger partial charge is 0.337 e. The van der Waals surface area contributed by atoms with Gasteiger partial charge in [-0.05, 0) is 49.5 Å². The lowest BCUT2D eigenvalue weighted by molar-refractivity contribution is -0.146. The summed E-state index contributed by atoms with van der Waals surface area (Å²) in [7, 11) is 1.35. The van der Waals surface area contributed by atoms with E-state index in [9.17, 15) is 9.59 Å². The molecule has 7 nitrogen and oxygen atoms in total. The number of allylic oxidation sites excluding steroid dienone is 1. The lowest BCUT2D eigenvalue weighted by atomic mass is 9.92. The van der Waals surface area contributed by atoms with Gasteiger partial charge in [-0.2, -0.15) is 0 Å². The van der Waals surface area contributed by atoms with Crippen LogP contribution in [0.25, 0.3) is 0 Å². The van der Waals surface area contributed by atoms with Gasteiger partial charge in [0, 0.05) is 25.0 Å². The zero-order valence-electron chi connectivity index (χ0n) is 16.1. The fraction of sp³-hybridized carbons (Fsp3) is 0.524. The van der Waals surface area contributed by atoms with E-state index in [1.807, 2.05) is 18.2 Å². The third-order valence-electron chi connectivity index (χ3n) is 4.81. The van der Waals surface area contributed by atoms with E-state index < -0.39 is 6.29 Å². The number of methoxy groups -OCH3 is 1. The van der Waals surface area contributed by atoms with Crippen molar-refractivity contribution in [2.24, 2.45) is 0 Å². The van der Waals surface area contributed by atoms with Crippen molar-refractivity contribution in [2.45, 2.75) is 50.4 Å². The zero-order chi connectivity index (χ0) is 19.9. The van der Waals surface area contributed by atoms with Gasteiger partial charge in [-0.1, -0.05) is 12.1 Å². The Labute approximate surface area is 164 Å². The molecule has 1 fully saturated rings. The maximum Gasteiger partial charge on any atom is 0.337 e. The minimum atomic E-state index is -0.533. The van der Waals surface area contributed by atoms with Crippen LogP contribution in [0.4, 0.5) is 0 Å². The standard InChI is InChI=1S/C21H27NO6/c1-26-21(25)15-6-4-14(5-7-15)16-12-18(20(24)22-17-8-9-17)28-19(13-16)27-11-3-2-10-23/h4-7,12,16-17,19,23H,2-3,8-11,13H2,1H3,(H,22,24)/t16-,19+/m1/s1. The molecule has 152 valence electrons. The van der Waals surface area contributed by atoms with Gasteiger partial charge in [-0.3, -0.25) is 4.79 Å². The van der Waals surface area contributed by atoms with Crippen LogP contribution in [-0.4, -0.2) is 49.6 Å². The highest BCUT2D eigenvalue weighted by Crippen LogP contribution is 2.32. The summed E-state index contributed by atoms with van der Waals surface area (Å²) in [6.07, 6.45) is 5.24. The first-order valence-electron chi connectivity index (χ1n) is 9.70. The summed E-state index contributed by atoms with van der Waals surface area (Å²) in [5.41, 5.74) is 1.45. The average molecular weight is 389 g/mol. The molecule has 0 radical (unpaired) electrons. The quantitative estimate of drug-likeness (QED) is 0.497. The molecule has 0 unspecified atom stereocenters. The molecule has 2 aliphatic rings. The van der Waals surface area contributed by atoms with E-state index in [1.165, 1.54) is 7.11 Å². The highest BCUT2D eigenvalue weighted by atomic mass is 16.7. The highest BCUT2D eigenvalue weighted by Gasteiger charge is 2.31. The van der Waals surface area contributed by atoms with Crippen LogP contribution in [0.15, 0.2) is 36.1 Å². The zero-order valence-corrected chi connectivity index (χ0v) is 16.1. The number of rotatable bonds is 9. The molecule has 7 heteroatoms. The largest absolute Gasteiger partial charge is 0.465 e. The molecule has 28 heavy (non-hydrogen) atoms. The van der Waals surface area contributed by atoms with Gasteiger partial charge < -0.3 is 24.6 Å². The molecule has 1 aliphatic heterocycles. The van der Waals surface area contributed by atoms with Gasteiger partial charge in [0.05, 0.1) is 19.3 Å². The molecule has 1 aromatic carbocycles. The fourth-order valence-corrected chi connectivity index (χ4v) is 3.05. The van der Waals surface area contributed by atoms with E-state index in [0.717, 1.165) is 24.8 Å². The monoisotopic (exact) mass is 389 g/mol. The van der Waals surface area contributed by atoms with Crippen LogP contribution in [0.3, 0.4) is 0 Å². The Kier molecular flexibility index (Phi) is 7.06. The van der Waals surface area contributed by atoms with Crippen LogP contribution < -0.4 is 5.32 Å². The van der Waals surface area contributed by atoms with Crippen molar-refractivity contribution in [3.8, 4) is 0 Å². The highest BCUT2D eigenvalue weighted by molar-refractivity contribution is 5.92. The number of esters is 1. The van der Waals surface area contributed by atoms with Gasteiger partial charge >= 0.3 is 5.97 Å². The minimum Gasteiger partial charge on any atom is -0.465 e. The van der Waals surface area contributed by atoms with Gasteiger partial charge in [-0.15, -0.1) is 0 Å². The SMILES string of the molecule is COC(=O)c1ccc([C@@H]2C=C(C(=O)NC3CC3)O[C@H](OCCCCO)C2)cc1. The average Bonchev–Trinajstić information content (AvgIpc) is 3.54. The van der Waals surface area contributed by atoms with Crippen molar-refractivity contribution < 1.29 is 28.9 Å². The normalized spacial score (nSPS) is 21.4. The molecule has 1 aliphatic carbocycles. The number of hydrogen-bond donors (Lipinski definition) is 2. The maximum absolute atomic E-state index is 12.5. The van der Waals surface area contributed by atoms with Crippen molar-refractivity contribution in [1.82, 2.24) is 5.32 Å². The Morgan fingerprint density at radius 1 is 1.21 bits per heavy atom. The molecule has 1 amide bonds. The summed E-state index contributed by atoms with van der Waals surface area (Å²) in [5, 5.41) is 11.8. The van der Waals surface area contributed by atoms with Crippen LogP contribution in [0.5, 0.6) is 0 Å². The molecule has 1 aromatic rings. The molecule has 0 spiro atoms. The number of benzene rings is 1. The lowest BCUT2D eigenvalue weighted by Crippen LogP contribution is -2.34. The molecule has 3 rings (SSSR count). The van der Waals surface area contributed by atoms with E-state index in [2.05, 4.69) is 5.32 Å². The van der Waals surface area contributed by atoms with Crippen LogP contribution >= 0.6 is 0 Å². The Morgan fingerprint density at radius 3 is 2.61 bits per heavy atom. The number of aliphatic hydroxyl groups is 1. The van der Waals surface area contributed by atoms with E-state index >= 15 is 0 Å². The van der Waals surface area contributed by atoms with Crippen LogP contribution in [0, 0.1) is 0 Å². The first-order chi connectivity index (χ1) is 13.6. The summed E-state index contributed by atoms with van der Waals surface area (Å²) in [6.45, 7) is 0.579. The molecule has 0 saturated heterocycles. The minimum absolute atomic E-state index is 0.0664. The van der Waals surface area contributed by atoms with Crippen LogP contribution in [0.2, 0.25) is 0 Å². The Hall–Kier alpha value is -2.38. The van der Waals surface area contributed by atoms with Gasteiger partial charge in [0.1, 0.15) is 0 Å². The van der Waals surface area contributed by atoms with Crippen molar-refractivity contribution >= 4 is 11.9 Å². The number of aliphatic hydroxyl groups excluding tert-OH is 1. The Morgan fingerprint density at radius 2 is 1.96 bits per heavy atom. The molecule has 0 aromatic heterocycles. The summed E-state index contributed by atoms with van der Waals surface area (Å²) in [6, 6.07) is 7.38. The molecule has 1 saturated carbocycles. The van der Waals surface area contributed by atoms with Crippen molar-refractivity contribution in [2.75, 3.05) is 20.3 Å². The number of nitrogens with one attached hydrogen (secondary N) is 1. The van der Waals surface area contributed by atoms with E-state index in [1.54, 1.807) is 12.1 Å². The summed E-state index contributed by atoms with van der Waals surface area (Å²) in [4.78, 5) is 24.1. The molecule has 1 heterocycles. The number of ether oxygens (including phenoxy) is 3. The van der Waals surface area contributed by atoms with Crippen molar-refractivity contribution in [3.05, 3.63) is 47.2 Å². The third-order valence-corrected chi connectivity index (χ3v) is 4.81. The third kappa shape index (κ3) is 5.56. The molecule has 0 bridgehead atoms. The predicted molar refractivity (Wildman–Crippen MR) is 102 cm³/mol. The number of carbonyl (C=O) groups excluding carboxylic acids is 2. The van der Waals surface area contributed by atoms with E-state index in [-0.39, 0.29) is 36.2 Å². The second-order valence-electron chi connectivity index (χ2n) is 7.08. The summed E-state index contributed by atoms with van der Waals surface area (Å²) < 4.78 is 16.3. The van der Waals surface area contributed by atoms with Crippen LogP contribution in [0.1, 0.15) is 53.9 Å². The topological polar surface area (TPSA) is 94.1 Å². The number of hydrogen-bond acceptors (Lipinski definition) is 6. The first kappa shape index (κ1) is 20.4. The summed E-state index contributed by atoms with van der Waals surface area (Å²) in [5.74, 6) is -0.401. The number of carbonyl (C=O) groups is 2. The fourth-order valence-electron chi connectivity index (χ4n) is 3.05. The van der Waals surface area contributed by atoms with Crippen molar-refractivity contribution in [3.63, 3.8) is 0 Å². The summed E-state index contributed by atoms with van der Waals surface area (Å²) >= 11 is 0. The second kappa shape index (κ2) is 9.71. The predicted octanol–water partition coefficient (Wildman–Crippen LogP) is 2.25. The number of amides is 1. The van der Waals surface area contributed by atoms with E-state index in [4.69, 9.17) is 19.3 Å². The second-order valence-corrected chi connectivity index (χ2v) is 7.08.